The Bertz CT molecular complexity index is 636. The fraction of sp³-hybridized carbons (Fsp3) is 0.312. The van der Waals surface area contributed by atoms with Gasteiger partial charge in [0.1, 0.15) is 5.76 Å². The summed E-state index contributed by atoms with van der Waals surface area (Å²) in [4.78, 5) is 11.5. The number of esters is 1. The Labute approximate surface area is 129 Å². The average Bonchev–Trinajstić information content (AvgIpc) is 2.97. The van der Waals surface area contributed by atoms with E-state index < -0.39 is 5.97 Å². The van der Waals surface area contributed by atoms with E-state index in [-0.39, 0.29) is 11.8 Å². The summed E-state index contributed by atoms with van der Waals surface area (Å²) < 4.78 is 10.3. The Morgan fingerprint density at radius 1 is 1.38 bits per heavy atom. The Morgan fingerprint density at radius 2 is 2.14 bits per heavy atom. The standard InChI is InChI=1S/C16H18ClNO3/c1-4-18-15(11-7-5-6-10(2)14(11)17)12-8-9-13(21-12)16(19)20-3/h5-9,15,18H,4H2,1-3H3. The summed E-state index contributed by atoms with van der Waals surface area (Å²) in [6.07, 6.45) is 0. The molecule has 1 aromatic carbocycles. The molecule has 1 heterocycles. The molecule has 0 fully saturated rings. The molecule has 0 amide bonds. The lowest BCUT2D eigenvalue weighted by atomic mass is 10.0. The highest BCUT2D eigenvalue weighted by Gasteiger charge is 2.22. The summed E-state index contributed by atoms with van der Waals surface area (Å²) in [5, 5.41) is 4.02. The van der Waals surface area contributed by atoms with Gasteiger partial charge in [0.15, 0.2) is 0 Å². The molecule has 0 saturated carbocycles. The number of hydrogen-bond donors (Lipinski definition) is 1. The molecule has 0 spiro atoms. The van der Waals surface area contributed by atoms with E-state index in [1.54, 1.807) is 12.1 Å². The number of ether oxygens (including phenoxy) is 1. The van der Waals surface area contributed by atoms with Crippen molar-refractivity contribution in [2.45, 2.75) is 19.9 Å². The van der Waals surface area contributed by atoms with Gasteiger partial charge in [0.2, 0.25) is 5.76 Å². The van der Waals surface area contributed by atoms with E-state index in [4.69, 9.17) is 16.0 Å². The zero-order valence-electron chi connectivity index (χ0n) is 12.3. The van der Waals surface area contributed by atoms with Crippen molar-refractivity contribution in [3.8, 4) is 0 Å². The normalized spacial score (nSPS) is 12.2. The van der Waals surface area contributed by atoms with Crippen LogP contribution in [0.25, 0.3) is 0 Å². The van der Waals surface area contributed by atoms with Gasteiger partial charge in [0, 0.05) is 5.02 Å². The van der Waals surface area contributed by atoms with Crippen LogP contribution >= 0.6 is 11.6 Å². The number of methoxy groups -OCH3 is 1. The molecular weight excluding hydrogens is 290 g/mol. The topological polar surface area (TPSA) is 51.5 Å². The lowest BCUT2D eigenvalue weighted by molar-refractivity contribution is 0.0562. The monoisotopic (exact) mass is 307 g/mol. The molecule has 112 valence electrons. The Balaban J connectivity index is 2.41. The third kappa shape index (κ3) is 3.28. The summed E-state index contributed by atoms with van der Waals surface area (Å²) in [5.41, 5.74) is 1.92. The first kappa shape index (κ1) is 15.6. The molecule has 0 aliphatic heterocycles. The van der Waals surface area contributed by atoms with Gasteiger partial charge in [0.05, 0.1) is 13.2 Å². The van der Waals surface area contributed by atoms with Gasteiger partial charge < -0.3 is 14.5 Å². The van der Waals surface area contributed by atoms with Gasteiger partial charge in [-0.05, 0) is 36.7 Å². The summed E-state index contributed by atoms with van der Waals surface area (Å²) in [6.45, 7) is 4.70. The molecule has 0 bridgehead atoms. The van der Waals surface area contributed by atoms with Crippen molar-refractivity contribution in [3.05, 3.63) is 58.0 Å². The first-order chi connectivity index (χ1) is 10.1. The predicted octanol–water partition coefficient (Wildman–Crippen LogP) is 3.73. The number of carbonyl (C=O) groups excluding carboxylic acids is 1. The smallest absolute Gasteiger partial charge is 0.373 e. The molecule has 0 radical (unpaired) electrons. The molecule has 0 aliphatic carbocycles. The van der Waals surface area contributed by atoms with Crippen molar-refractivity contribution >= 4 is 17.6 Å². The van der Waals surface area contributed by atoms with Gasteiger partial charge in [-0.2, -0.15) is 0 Å². The van der Waals surface area contributed by atoms with Crippen LogP contribution in [0.4, 0.5) is 0 Å². The number of benzene rings is 1. The van der Waals surface area contributed by atoms with Gasteiger partial charge >= 0.3 is 5.97 Å². The van der Waals surface area contributed by atoms with Crippen molar-refractivity contribution in [3.63, 3.8) is 0 Å². The predicted molar refractivity (Wildman–Crippen MR) is 81.8 cm³/mol. The van der Waals surface area contributed by atoms with Gasteiger partial charge in [-0.1, -0.05) is 36.7 Å². The van der Waals surface area contributed by atoms with Crippen LogP contribution in [0.5, 0.6) is 0 Å². The van der Waals surface area contributed by atoms with E-state index in [1.807, 2.05) is 32.0 Å². The fourth-order valence-corrected chi connectivity index (χ4v) is 2.41. The molecule has 1 N–H and O–H groups in total. The van der Waals surface area contributed by atoms with Gasteiger partial charge in [-0.3, -0.25) is 0 Å². The van der Waals surface area contributed by atoms with Crippen molar-refractivity contribution in [1.29, 1.82) is 0 Å². The molecule has 1 unspecified atom stereocenters. The highest BCUT2D eigenvalue weighted by molar-refractivity contribution is 6.32. The number of rotatable bonds is 5. The summed E-state index contributed by atoms with van der Waals surface area (Å²) >= 11 is 6.40. The first-order valence-electron chi connectivity index (χ1n) is 6.75. The second-order valence-electron chi connectivity index (χ2n) is 4.66. The number of halogens is 1. The molecule has 5 heteroatoms. The number of carbonyl (C=O) groups is 1. The second-order valence-corrected chi connectivity index (χ2v) is 5.04. The maximum absolute atomic E-state index is 11.5. The second kappa shape index (κ2) is 6.78. The third-order valence-corrected chi connectivity index (χ3v) is 3.76. The molecule has 4 nitrogen and oxygen atoms in total. The molecule has 21 heavy (non-hydrogen) atoms. The highest BCUT2D eigenvalue weighted by Crippen LogP contribution is 2.31. The summed E-state index contributed by atoms with van der Waals surface area (Å²) in [5.74, 6) is 0.316. The molecule has 2 rings (SSSR count). The van der Waals surface area contributed by atoms with Crippen LogP contribution in [-0.2, 0) is 4.74 Å². The van der Waals surface area contributed by atoms with Crippen molar-refractivity contribution in [2.75, 3.05) is 13.7 Å². The Hall–Kier alpha value is -1.78. The summed E-state index contributed by atoms with van der Waals surface area (Å²) in [6, 6.07) is 9.01. The van der Waals surface area contributed by atoms with E-state index in [0.717, 1.165) is 17.7 Å². The van der Waals surface area contributed by atoms with Crippen LogP contribution in [0.2, 0.25) is 5.02 Å². The van der Waals surface area contributed by atoms with Crippen LogP contribution < -0.4 is 5.32 Å². The third-order valence-electron chi connectivity index (χ3n) is 3.24. The van der Waals surface area contributed by atoms with Crippen LogP contribution in [0.1, 0.15) is 40.4 Å². The quantitative estimate of drug-likeness (QED) is 0.855. The van der Waals surface area contributed by atoms with Crippen LogP contribution in [0, 0.1) is 6.92 Å². The highest BCUT2D eigenvalue weighted by atomic mass is 35.5. The Morgan fingerprint density at radius 3 is 2.81 bits per heavy atom. The minimum atomic E-state index is -0.494. The zero-order chi connectivity index (χ0) is 15.4. The molecule has 2 aromatic rings. The van der Waals surface area contributed by atoms with Crippen LogP contribution in [0.15, 0.2) is 34.7 Å². The minimum absolute atomic E-state index is 0.180. The molecule has 1 aromatic heterocycles. The van der Waals surface area contributed by atoms with E-state index in [0.29, 0.717) is 10.8 Å². The average molecular weight is 308 g/mol. The first-order valence-corrected chi connectivity index (χ1v) is 7.12. The molecule has 0 aliphatic rings. The maximum atomic E-state index is 11.5. The lowest BCUT2D eigenvalue weighted by Gasteiger charge is -2.18. The number of nitrogens with one attached hydrogen (secondary N) is 1. The SMILES string of the molecule is CCNC(c1ccc(C(=O)OC)o1)c1cccc(C)c1Cl. The van der Waals surface area contributed by atoms with Crippen molar-refractivity contribution in [2.24, 2.45) is 0 Å². The minimum Gasteiger partial charge on any atom is -0.463 e. The van der Waals surface area contributed by atoms with E-state index >= 15 is 0 Å². The largest absolute Gasteiger partial charge is 0.463 e. The fourth-order valence-electron chi connectivity index (χ4n) is 2.18. The molecular formula is C16H18ClNO3. The van der Waals surface area contributed by atoms with E-state index in [9.17, 15) is 4.79 Å². The van der Waals surface area contributed by atoms with Crippen LogP contribution in [0.3, 0.4) is 0 Å². The number of furan rings is 1. The maximum Gasteiger partial charge on any atom is 0.373 e. The Kier molecular flexibility index (Phi) is 5.04. The van der Waals surface area contributed by atoms with Crippen LogP contribution in [-0.4, -0.2) is 19.6 Å². The molecule has 1 atom stereocenters. The van der Waals surface area contributed by atoms with Gasteiger partial charge in [-0.15, -0.1) is 0 Å². The van der Waals surface area contributed by atoms with Crippen molar-refractivity contribution in [1.82, 2.24) is 5.32 Å². The lowest BCUT2D eigenvalue weighted by Crippen LogP contribution is -2.22. The number of hydrogen-bond acceptors (Lipinski definition) is 4. The number of aryl methyl sites for hydroxylation is 1. The summed E-state index contributed by atoms with van der Waals surface area (Å²) in [7, 11) is 1.32. The van der Waals surface area contributed by atoms with Gasteiger partial charge in [0.25, 0.3) is 0 Å². The van der Waals surface area contributed by atoms with Gasteiger partial charge in [-0.25, -0.2) is 4.79 Å². The van der Waals surface area contributed by atoms with E-state index in [1.165, 1.54) is 7.11 Å². The zero-order valence-corrected chi connectivity index (χ0v) is 13.0. The van der Waals surface area contributed by atoms with E-state index in [2.05, 4.69) is 10.1 Å². The molecule has 0 saturated heterocycles. The van der Waals surface area contributed by atoms with Crippen molar-refractivity contribution < 1.29 is 13.9 Å².